The van der Waals surface area contributed by atoms with E-state index in [2.05, 4.69) is 25.8 Å². The predicted octanol–water partition coefficient (Wildman–Crippen LogP) is 2.76. The fourth-order valence-electron chi connectivity index (χ4n) is 3.61. The van der Waals surface area contributed by atoms with E-state index in [1.807, 2.05) is 7.05 Å². The summed E-state index contributed by atoms with van der Waals surface area (Å²) in [5.41, 5.74) is 1.96. The average Bonchev–Trinajstić information content (AvgIpc) is 2.39. The maximum Gasteiger partial charge on any atom is 0.0276 e. The molecule has 0 aromatic carbocycles. The first-order valence-corrected chi connectivity index (χ1v) is 5.08. The van der Waals surface area contributed by atoms with Crippen LogP contribution in [0.15, 0.2) is 4.99 Å². The fraction of sp³-hybridized carbons (Fsp3) is 0.909. The van der Waals surface area contributed by atoms with Crippen LogP contribution in [0.1, 0.15) is 33.6 Å². The Hall–Kier alpha value is -0.330. The summed E-state index contributed by atoms with van der Waals surface area (Å²) in [5, 5.41) is 0. The van der Waals surface area contributed by atoms with Gasteiger partial charge in [0.05, 0.1) is 0 Å². The van der Waals surface area contributed by atoms with Gasteiger partial charge in [0.1, 0.15) is 0 Å². The molecule has 2 aliphatic rings. The molecule has 2 rings (SSSR count). The third-order valence-corrected chi connectivity index (χ3v) is 4.72. The van der Waals surface area contributed by atoms with Crippen molar-refractivity contribution in [1.29, 1.82) is 0 Å². The van der Waals surface area contributed by atoms with Crippen LogP contribution in [0, 0.1) is 23.2 Å². The Kier molecular flexibility index (Phi) is 1.61. The Balaban J connectivity index is 2.31. The molecule has 0 amide bonds. The first kappa shape index (κ1) is 8.28. The lowest BCUT2D eigenvalue weighted by Gasteiger charge is -2.54. The molecule has 1 heteroatoms. The second kappa shape index (κ2) is 2.34. The first-order valence-electron chi connectivity index (χ1n) is 5.08. The van der Waals surface area contributed by atoms with Crippen molar-refractivity contribution >= 4 is 5.71 Å². The largest absolute Gasteiger partial charge is 0.297 e. The van der Waals surface area contributed by atoms with Gasteiger partial charge in [-0.05, 0) is 30.6 Å². The van der Waals surface area contributed by atoms with E-state index >= 15 is 0 Å². The topological polar surface area (TPSA) is 12.4 Å². The number of fused-ring (bicyclic) bond motifs is 1. The van der Waals surface area contributed by atoms with Crippen LogP contribution in [-0.4, -0.2) is 12.8 Å². The van der Waals surface area contributed by atoms with Gasteiger partial charge in [0.2, 0.25) is 0 Å². The van der Waals surface area contributed by atoms with Crippen LogP contribution in [0.5, 0.6) is 0 Å². The summed E-state index contributed by atoms with van der Waals surface area (Å²) < 4.78 is 0. The van der Waals surface area contributed by atoms with Crippen molar-refractivity contribution in [1.82, 2.24) is 0 Å². The van der Waals surface area contributed by atoms with Gasteiger partial charge in [0, 0.05) is 18.2 Å². The maximum atomic E-state index is 4.44. The summed E-state index contributed by atoms with van der Waals surface area (Å²) in [6, 6.07) is 0. The number of hydrogen-bond donors (Lipinski definition) is 0. The highest BCUT2D eigenvalue weighted by Crippen LogP contribution is 2.62. The van der Waals surface area contributed by atoms with E-state index in [1.54, 1.807) is 0 Å². The molecule has 2 fully saturated rings. The quantitative estimate of drug-likeness (QED) is 0.523. The molecular weight excluding hydrogens is 146 g/mol. The summed E-state index contributed by atoms with van der Waals surface area (Å²) in [6.07, 6.45) is 2.64. The highest BCUT2D eigenvalue weighted by atomic mass is 14.8. The predicted molar refractivity (Wildman–Crippen MR) is 52.5 cm³/mol. The number of aliphatic imine (C=N–C) groups is 1. The van der Waals surface area contributed by atoms with Crippen LogP contribution in [0.2, 0.25) is 0 Å². The molecule has 2 saturated carbocycles. The Morgan fingerprint density at radius 1 is 1.42 bits per heavy atom. The lowest BCUT2D eigenvalue weighted by atomic mass is 9.49. The molecule has 2 unspecified atom stereocenters. The van der Waals surface area contributed by atoms with E-state index in [1.165, 1.54) is 18.6 Å². The molecular formula is C11H19N. The fourth-order valence-corrected chi connectivity index (χ4v) is 3.61. The third-order valence-electron chi connectivity index (χ3n) is 4.72. The smallest absolute Gasteiger partial charge is 0.0276 e. The van der Waals surface area contributed by atoms with Gasteiger partial charge in [0.15, 0.2) is 0 Å². The number of nitrogens with zero attached hydrogens (tertiary/aromatic N) is 1. The average molecular weight is 165 g/mol. The van der Waals surface area contributed by atoms with Crippen LogP contribution < -0.4 is 0 Å². The van der Waals surface area contributed by atoms with Gasteiger partial charge in [-0.1, -0.05) is 20.8 Å². The minimum Gasteiger partial charge on any atom is -0.297 e. The van der Waals surface area contributed by atoms with Gasteiger partial charge in [-0.3, -0.25) is 4.99 Å². The molecule has 0 aromatic rings. The van der Waals surface area contributed by atoms with Gasteiger partial charge in [-0.25, -0.2) is 0 Å². The lowest BCUT2D eigenvalue weighted by Crippen LogP contribution is -2.52. The molecule has 0 spiro atoms. The normalized spacial score (nSPS) is 55.3. The van der Waals surface area contributed by atoms with Crippen LogP contribution in [-0.2, 0) is 0 Å². The Labute approximate surface area is 75.3 Å². The summed E-state index contributed by atoms with van der Waals surface area (Å²) in [5.74, 6) is 2.71. The van der Waals surface area contributed by atoms with Crippen LogP contribution in [0.3, 0.4) is 0 Å². The molecule has 0 bridgehead atoms. The summed E-state index contributed by atoms with van der Waals surface area (Å²) in [7, 11) is 1.96. The molecule has 0 N–H and O–H groups in total. The number of rotatable bonds is 0. The van der Waals surface area contributed by atoms with Crippen molar-refractivity contribution in [2.24, 2.45) is 28.2 Å². The molecule has 4 atom stereocenters. The van der Waals surface area contributed by atoms with Crippen molar-refractivity contribution < 1.29 is 0 Å². The third kappa shape index (κ3) is 0.681. The second-order valence-corrected chi connectivity index (χ2v) is 4.75. The van der Waals surface area contributed by atoms with Crippen molar-refractivity contribution in [3.05, 3.63) is 0 Å². The summed E-state index contributed by atoms with van der Waals surface area (Å²) in [6.45, 7) is 7.20. The summed E-state index contributed by atoms with van der Waals surface area (Å²) in [4.78, 5) is 4.44. The van der Waals surface area contributed by atoms with Crippen LogP contribution in [0.25, 0.3) is 0 Å². The molecule has 0 heterocycles. The molecule has 0 radical (unpaired) electrons. The van der Waals surface area contributed by atoms with Crippen molar-refractivity contribution in [2.45, 2.75) is 33.6 Å². The van der Waals surface area contributed by atoms with Crippen molar-refractivity contribution in [2.75, 3.05) is 7.05 Å². The maximum absolute atomic E-state index is 4.44. The number of hydrogen-bond acceptors (Lipinski definition) is 1. The standard InChI is InChI=1S/C11H19N/c1-7-8(2)11(3)9(7)5-6-10(11)12-4/h7-9H,5-6H2,1-4H3/t7?,8?,9-,11-/m0/s1. The van der Waals surface area contributed by atoms with Crippen LogP contribution in [0.4, 0.5) is 0 Å². The van der Waals surface area contributed by atoms with E-state index in [-0.39, 0.29) is 0 Å². The van der Waals surface area contributed by atoms with Gasteiger partial charge >= 0.3 is 0 Å². The first-order chi connectivity index (χ1) is 5.62. The summed E-state index contributed by atoms with van der Waals surface area (Å²) >= 11 is 0. The van der Waals surface area contributed by atoms with E-state index in [0.29, 0.717) is 5.41 Å². The molecule has 0 aromatic heterocycles. The minimum absolute atomic E-state index is 0.480. The zero-order valence-corrected chi connectivity index (χ0v) is 8.59. The molecule has 2 aliphatic carbocycles. The zero-order valence-electron chi connectivity index (χ0n) is 8.59. The van der Waals surface area contributed by atoms with Gasteiger partial charge in [0.25, 0.3) is 0 Å². The molecule has 68 valence electrons. The van der Waals surface area contributed by atoms with E-state index < -0.39 is 0 Å². The molecule has 12 heavy (non-hydrogen) atoms. The molecule has 0 aliphatic heterocycles. The monoisotopic (exact) mass is 165 g/mol. The molecule has 1 nitrogen and oxygen atoms in total. The van der Waals surface area contributed by atoms with Gasteiger partial charge < -0.3 is 0 Å². The van der Waals surface area contributed by atoms with Crippen molar-refractivity contribution in [3.63, 3.8) is 0 Å². The van der Waals surface area contributed by atoms with Crippen LogP contribution >= 0.6 is 0 Å². The van der Waals surface area contributed by atoms with Crippen molar-refractivity contribution in [3.8, 4) is 0 Å². The van der Waals surface area contributed by atoms with Gasteiger partial charge in [-0.15, -0.1) is 0 Å². The Morgan fingerprint density at radius 2 is 2.08 bits per heavy atom. The van der Waals surface area contributed by atoms with E-state index in [4.69, 9.17) is 0 Å². The molecule has 0 saturated heterocycles. The Morgan fingerprint density at radius 3 is 2.67 bits per heavy atom. The van der Waals surface area contributed by atoms with E-state index in [9.17, 15) is 0 Å². The zero-order chi connectivity index (χ0) is 8.93. The SMILES string of the molecule is CN=C1CC[C@H]2C(C)C(C)[C@]12C. The van der Waals surface area contributed by atoms with Gasteiger partial charge in [-0.2, -0.15) is 0 Å². The highest BCUT2D eigenvalue weighted by Gasteiger charge is 2.59. The second-order valence-electron chi connectivity index (χ2n) is 4.75. The van der Waals surface area contributed by atoms with E-state index in [0.717, 1.165) is 17.8 Å². The minimum atomic E-state index is 0.480. The highest BCUT2D eigenvalue weighted by molar-refractivity contribution is 5.93. The Bertz CT molecular complexity index is 231. The lowest BCUT2D eigenvalue weighted by molar-refractivity contribution is -0.0210.